The molecule has 0 saturated carbocycles. The van der Waals surface area contributed by atoms with Crippen LogP contribution in [0.3, 0.4) is 0 Å². The van der Waals surface area contributed by atoms with Crippen molar-refractivity contribution in [1.29, 1.82) is 0 Å². The topological polar surface area (TPSA) is 104 Å². The summed E-state index contributed by atoms with van der Waals surface area (Å²) in [5.74, 6) is -2.08. The van der Waals surface area contributed by atoms with E-state index in [1.807, 2.05) is 0 Å². The van der Waals surface area contributed by atoms with Crippen molar-refractivity contribution in [3.8, 4) is 0 Å². The highest BCUT2D eigenvalue weighted by Gasteiger charge is 2.37. The Balaban J connectivity index is 1.93. The first-order valence-electron chi connectivity index (χ1n) is 6.35. The fourth-order valence-corrected chi connectivity index (χ4v) is 4.26. The zero-order valence-corrected chi connectivity index (χ0v) is 13.0. The normalized spacial score (nSPS) is 22.4. The Labute approximate surface area is 126 Å². The van der Waals surface area contributed by atoms with Crippen LogP contribution in [0.15, 0.2) is 21.7 Å². The van der Waals surface area contributed by atoms with Crippen molar-refractivity contribution >= 4 is 33.2 Å². The average Bonchev–Trinajstić information content (AvgIpc) is 3.05. The number of likely N-dealkylation sites (tertiary alicyclic amines) is 1. The molecule has 0 spiro atoms. The van der Waals surface area contributed by atoms with Gasteiger partial charge in [0.2, 0.25) is 5.91 Å². The van der Waals surface area contributed by atoms with E-state index in [4.69, 9.17) is 5.11 Å². The van der Waals surface area contributed by atoms with Gasteiger partial charge in [0.25, 0.3) is 10.0 Å². The number of carbonyl (C=O) groups is 2. The maximum atomic E-state index is 12.0. The Bertz CT molecular complexity index is 626. The molecule has 1 fully saturated rings. The molecule has 7 nitrogen and oxygen atoms in total. The summed E-state index contributed by atoms with van der Waals surface area (Å²) < 4.78 is 26.2. The summed E-state index contributed by atoms with van der Waals surface area (Å²) in [6, 6.07) is 3.07. The Morgan fingerprint density at radius 3 is 2.71 bits per heavy atom. The van der Waals surface area contributed by atoms with E-state index in [9.17, 15) is 18.0 Å². The fraction of sp³-hybridized carbons (Fsp3) is 0.500. The highest BCUT2D eigenvalue weighted by molar-refractivity contribution is 7.91. The lowest BCUT2D eigenvalue weighted by Gasteiger charge is -2.16. The minimum absolute atomic E-state index is 0.121. The molecule has 1 aromatic heterocycles. The van der Waals surface area contributed by atoms with Crippen LogP contribution in [-0.4, -0.2) is 49.9 Å². The summed E-state index contributed by atoms with van der Waals surface area (Å²) in [7, 11) is -3.68. The summed E-state index contributed by atoms with van der Waals surface area (Å²) in [4.78, 5) is 24.4. The molecule has 1 aliphatic rings. The lowest BCUT2D eigenvalue weighted by molar-refractivity contribution is -0.142. The van der Waals surface area contributed by atoms with E-state index in [0.29, 0.717) is 6.54 Å². The van der Waals surface area contributed by atoms with Crippen LogP contribution in [0.4, 0.5) is 0 Å². The third-order valence-corrected chi connectivity index (χ3v) is 6.25. The minimum atomic E-state index is -3.68. The largest absolute Gasteiger partial charge is 0.481 e. The number of carboxylic acid groups (broad SMARTS) is 1. The van der Waals surface area contributed by atoms with Gasteiger partial charge in [-0.05, 0) is 17.4 Å². The van der Waals surface area contributed by atoms with Gasteiger partial charge in [0, 0.05) is 13.1 Å². The fourth-order valence-electron chi connectivity index (χ4n) is 2.25. The number of aliphatic carboxylic acids is 1. The zero-order valence-electron chi connectivity index (χ0n) is 11.4. The smallest absolute Gasteiger partial charge is 0.308 e. The van der Waals surface area contributed by atoms with Crippen molar-refractivity contribution in [2.24, 2.45) is 11.8 Å². The molecule has 2 N–H and O–H groups in total. The Morgan fingerprint density at radius 2 is 2.19 bits per heavy atom. The van der Waals surface area contributed by atoms with E-state index >= 15 is 0 Å². The molecule has 0 aromatic carbocycles. The van der Waals surface area contributed by atoms with Crippen molar-refractivity contribution in [2.75, 3.05) is 19.6 Å². The van der Waals surface area contributed by atoms with Crippen LogP contribution in [0.25, 0.3) is 0 Å². The number of carboxylic acids is 1. The summed E-state index contributed by atoms with van der Waals surface area (Å²) in [6.07, 6.45) is 0. The van der Waals surface area contributed by atoms with Gasteiger partial charge in [0.15, 0.2) is 0 Å². The third-order valence-electron chi connectivity index (χ3n) is 3.46. The van der Waals surface area contributed by atoms with Crippen LogP contribution in [0, 0.1) is 11.8 Å². The van der Waals surface area contributed by atoms with Crippen molar-refractivity contribution < 1.29 is 23.1 Å². The molecule has 116 valence electrons. The van der Waals surface area contributed by atoms with E-state index in [1.165, 1.54) is 11.0 Å². The predicted molar refractivity (Wildman–Crippen MR) is 76.4 cm³/mol. The number of nitrogens with one attached hydrogen (secondary N) is 1. The van der Waals surface area contributed by atoms with E-state index in [2.05, 4.69) is 4.72 Å². The van der Waals surface area contributed by atoms with Gasteiger partial charge in [-0.1, -0.05) is 13.0 Å². The molecule has 0 bridgehead atoms. The van der Waals surface area contributed by atoms with Crippen LogP contribution in [0.1, 0.15) is 6.92 Å². The van der Waals surface area contributed by atoms with Gasteiger partial charge >= 0.3 is 5.97 Å². The number of rotatable bonds is 5. The van der Waals surface area contributed by atoms with Crippen molar-refractivity contribution in [1.82, 2.24) is 9.62 Å². The van der Waals surface area contributed by atoms with E-state index in [1.54, 1.807) is 18.4 Å². The standard InChI is InChI=1S/C12H16N2O5S2/c1-8-6-14(7-9(8)12(16)17)10(15)5-13-21(18,19)11-3-2-4-20-11/h2-4,8-9,13H,5-7H2,1H3,(H,16,17)/t8-,9-/m1/s1. The van der Waals surface area contributed by atoms with Crippen LogP contribution in [0.2, 0.25) is 0 Å². The average molecular weight is 332 g/mol. The number of sulfonamides is 1. The van der Waals surface area contributed by atoms with Gasteiger partial charge in [0.05, 0.1) is 12.5 Å². The van der Waals surface area contributed by atoms with E-state index in [-0.39, 0.29) is 23.2 Å². The molecule has 2 rings (SSSR count). The molecular formula is C12H16N2O5S2. The maximum absolute atomic E-state index is 12.0. The number of carbonyl (C=O) groups excluding carboxylic acids is 1. The Hall–Kier alpha value is -1.45. The molecular weight excluding hydrogens is 316 g/mol. The number of nitrogens with zero attached hydrogens (tertiary/aromatic N) is 1. The second kappa shape index (κ2) is 6.12. The highest BCUT2D eigenvalue weighted by Crippen LogP contribution is 2.23. The van der Waals surface area contributed by atoms with Crippen molar-refractivity contribution in [3.63, 3.8) is 0 Å². The van der Waals surface area contributed by atoms with Crippen molar-refractivity contribution in [2.45, 2.75) is 11.1 Å². The van der Waals surface area contributed by atoms with Gasteiger partial charge in [-0.15, -0.1) is 11.3 Å². The lowest BCUT2D eigenvalue weighted by Crippen LogP contribution is -2.39. The van der Waals surface area contributed by atoms with Crippen LogP contribution in [0.5, 0.6) is 0 Å². The third kappa shape index (κ3) is 3.60. The first kappa shape index (κ1) is 15.9. The molecule has 1 aromatic rings. The monoisotopic (exact) mass is 332 g/mol. The second-order valence-electron chi connectivity index (χ2n) is 4.98. The SMILES string of the molecule is C[C@@H]1CN(C(=O)CNS(=O)(=O)c2cccs2)C[C@H]1C(=O)O. The first-order chi connectivity index (χ1) is 9.81. The lowest BCUT2D eigenvalue weighted by atomic mass is 9.99. The van der Waals surface area contributed by atoms with Gasteiger partial charge in [0.1, 0.15) is 4.21 Å². The number of amides is 1. The summed E-state index contributed by atoms with van der Waals surface area (Å²) in [5.41, 5.74) is 0. The highest BCUT2D eigenvalue weighted by atomic mass is 32.2. The van der Waals surface area contributed by atoms with Crippen LogP contribution >= 0.6 is 11.3 Å². The number of hydrogen-bond acceptors (Lipinski definition) is 5. The maximum Gasteiger partial charge on any atom is 0.308 e. The second-order valence-corrected chi connectivity index (χ2v) is 7.92. The Morgan fingerprint density at radius 1 is 1.48 bits per heavy atom. The number of thiophene rings is 1. The predicted octanol–water partition coefficient (Wildman–Crippen LogP) is 0.205. The summed E-state index contributed by atoms with van der Waals surface area (Å²) in [5, 5.41) is 10.7. The van der Waals surface area contributed by atoms with Crippen LogP contribution < -0.4 is 4.72 Å². The quantitative estimate of drug-likeness (QED) is 0.802. The van der Waals surface area contributed by atoms with Gasteiger partial charge in [-0.2, -0.15) is 0 Å². The van der Waals surface area contributed by atoms with Crippen molar-refractivity contribution in [3.05, 3.63) is 17.5 Å². The molecule has 0 radical (unpaired) electrons. The molecule has 21 heavy (non-hydrogen) atoms. The summed E-state index contributed by atoms with van der Waals surface area (Å²) >= 11 is 1.07. The Kier molecular flexibility index (Phi) is 4.64. The first-order valence-corrected chi connectivity index (χ1v) is 8.71. The van der Waals surface area contributed by atoms with E-state index < -0.39 is 27.8 Å². The molecule has 1 saturated heterocycles. The molecule has 2 atom stereocenters. The zero-order chi connectivity index (χ0) is 15.6. The minimum Gasteiger partial charge on any atom is -0.481 e. The molecule has 1 aliphatic heterocycles. The van der Waals surface area contributed by atoms with Gasteiger partial charge < -0.3 is 10.0 Å². The molecule has 2 heterocycles. The van der Waals surface area contributed by atoms with Crippen LogP contribution in [-0.2, 0) is 19.6 Å². The molecule has 0 unspecified atom stereocenters. The summed E-state index contributed by atoms with van der Waals surface area (Å²) in [6.45, 7) is 1.85. The molecule has 9 heteroatoms. The molecule has 1 amide bonds. The molecule has 0 aliphatic carbocycles. The van der Waals surface area contributed by atoms with Gasteiger partial charge in [-0.25, -0.2) is 13.1 Å². The van der Waals surface area contributed by atoms with Gasteiger partial charge in [-0.3, -0.25) is 9.59 Å². The van der Waals surface area contributed by atoms with E-state index in [0.717, 1.165) is 11.3 Å². The number of hydrogen-bond donors (Lipinski definition) is 2.